The van der Waals surface area contributed by atoms with Crippen molar-refractivity contribution in [1.29, 1.82) is 0 Å². The average Bonchev–Trinajstić information content (AvgIpc) is 2.26. The molecular weight excluding hydrogens is 198 g/mol. The standard InChI is InChI=1S/C11H22ClNO/c1-3-13(8-7-12)10-5-4-6-11(9-10)14-2/h10-11H,3-9H2,1-2H3. The van der Waals surface area contributed by atoms with Crippen LogP contribution in [0.25, 0.3) is 0 Å². The predicted octanol–water partition coefficient (Wildman–Crippen LogP) is 2.50. The molecule has 1 rings (SSSR count). The zero-order valence-corrected chi connectivity index (χ0v) is 10.1. The molecule has 0 radical (unpaired) electrons. The minimum atomic E-state index is 0.470. The lowest BCUT2D eigenvalue weighted by Crippen LogP contribution is -2.41. The van der Waals surface area contributed by atoms with Gasteiger partial charge in [-0.3, -0.25) is 4.90 Å². The summed E-state index contributed by atoms with van der Waals surface area (Å²) in [6.45, 7) is 4.33. The maximum atomic E-state index is 5.79. The van der Waals surface area contributed by atoms with Crippen LogP contribution >= 0.6 is 11.6 Å². The van der Waals surface area contributed by atoms with E-state index in [0.29, 0.717) is 12.1 Å². The molecule has 0 heterocycles. The molecule has 1 aliphatic carbocycles. The molecule has 3 heteroatoms. The Bertz CT molecular complexity index is 154. The number of ether oxygens (including phenoxy) is 1. The van der Waals surface area contributed by atoms with Gasteiger partial charge in [-0.1, -0.05) is 6.92 Å². The van der Waals surface area contributed by atoms with Gasteiger partial charge in [0.15, 0.2) is 0 Å². The van der Waals surface area contributed by atoms with Crippen molar-refractivity contribution >= 4 is 11.6 Å². The first-order valence-corrected chi connectivity index (χ1v) is 6.18. The molecule has 0 spiro atoms. The van der Waals surface area contributed by atoms with Gasteiger partial charge in [-0.2, -0.15) is 0 Å². The molecule has 0 bridgehead atoms. The molecule has 0 aromatic carbocycles. The van der Waals surface area contributed by atoms with Crippen molar-refractivity contribution in [3.8, 4) is 0 Å². The van der Waals surface area contributed by atoms with E-state index in [-0.39, 0.29) is 0 Å². The maximum Gasteiger partial charge on any atom is 0.0586 e. The second kappa shape index (κ2) is 6.65. The van der Waals surface area contributed by atoms with Gasteiger partial charge in [-0.25, -0.2) is 0 Å². The van der Waals surface area contributed by atoms with Crippen molar-refractivity contribution in [1.82, 2.24) is 4.90 Å². The van der Waals surface area contributed by atoms with Crippen LogP contribution in [0.5, 0.6) is 0 Å². The fourth-order valence-corrected chi connectivity index (χ4v) is 2.59. The van der Waals surface area contributed by atoms with Crippen LogP contribution < -0.4 is 0 Å². The Labute approximate surface area is 92.6 Å². The molecule has 2 nitrogen and oxygen atoms in total. The zero-order chi connectivity index (χ0) is 10.4. The molecule has 84 valence electrons. The fourth-order valence-electron chi connectivity index (χ4n) is 2.37. The summed E-state index contributed by atoms with van der Waals surface area (Å²) in [4.78, 5) is 2.48. The van der Waals surface area contributed by atoms with Crippen LogP contribution in [0.2, 0.25) is 0 Å². The average molecular weight is 220 g/mol. The van der Waals surface area contributed by atoms with Gasteiger partial charge in [0.2, 0.25) is 0 Å². The smallest absolute Gasteiger partial charge is 0.0586 e. The van der Waals surface area contributed by atoms with Crippen LogP contribution in [0.15, 0.2) is 0 Å². The molecule has 0 saturated heterocycles. The molecule has 1 saturated carbocycles. The Morgan fingerprint density at radius 3 is 2.79 bits per heavy atom. The van der Waals surface area contributed by atoms with Crippen LogP contribution in [0, 0.1) is 0 Å². The summed E-state index contributed by atoms with van der Waals surface area (Å²) in [5, 5.41) is 0. The van der Waals surface area contributed by atoms with Gasteiger partial charge in [0.1, 0.15) is 0 Å². The van der Waals surface area contributed by atoms with Crippen molar-refractivity contribution in [2.24, 2.45) is 0 Å². The summed E-state index contributed by atoms with van der Waals surface area (Å²) >= 11 is 5.79. The van der Waals surface area contributed by atoms with Gasteiger partial charge in [-0.15, -0.1) is 11.6 Å². The Morgan fingerprint density at radius 1 is 1.43 bits per heavy atom. The van der Waals surface area contributed by atoms with Gasteiger partial charge in [0, 0.05) is 25.6 Å². The summed E-state index contributed by atoms with van der Waals surface area (Å²) in [7, 11) is 1.82. The van der Waals surface area contributed by atoms with E-state index < -0.39 is 0 Å². The van der Waals surface area contributed by atoms with Gasteiger partial charge in [0.05, 0.1) is 6.10 Å². The Kier molecular flexibility index (Phi) is 5.83. The number of halogens is 1. The first-order valence-electron chi connectivity index (χ1n) is 5.64. The molecule has 0 N–H and O–H groups in total. The topological polar surface area (TPSA) is 12.5 Å². The summed E-state index contributed by atoms with van der Waals surface area (Å²) in [6, 6.07) is 0.692. The van der Waals surface area contributed by atoms with Crippen molar-refractivity contribution in [2.45, 2.75) is 44.8 Å². The summed E-state index contributed by atoms with van der Waals surface area (Å²) in [6.07, 6.45) is 5.48. The van der Waals surface area contributed by atoms with Crippen molar-refractivity contribution < 1.29 is 4.74 Å². The first-order chi connectivity index (χ1) is 6.81. The highest BCUT2D eigenvalue weighted by Gasteiger charge is 2.25. The van der Waals surface area contributed by atoms with Crippen LogP contribution in [0.3, 0.4) is 0 Å². The number of hydrogen-bond donors (Lipinski definition) is 0. The third-order valence-corrected chi connectivity index (χ3v) is 3.40. The molecule has 0 aliphatic heterocycles. The van der Waals surface area contributed by atoms with Gasteiger partial charge in [0.25, 0.3) is 0 Å². The largest absolute Gasteiger partial charge is 0.381 e. The van der Waals surface area contributed by atoms with Crippen LogP contribution in [-0.4, -0.2) is 43.1 Å². The zero-order valence-electron chi connectivity index (χ0n) is 9.34. The lowest BCUT2D eigenvalue weighted by Gasteiger charge is -2.36. The van der Waals surface area contributed by atoms with Crippen LogP contribution in [-0.2, 0) is 4.74 Å². The second-order valence-electron chi connectivity index (χ2n) is 4.00. The van der Waals surface area contributed by atoms with Crippen LogP contribution in [0.4, 0.5) is 0 Å². The van der Waals surface area contributed by atoms with Crippen LogP contribution in [0.1, 0.15) is 32.6 Å². The first kappa shape index (κ1) is 12.3. The Hall–Kier alpha value is 0.210. The molecule has 0 aromatic rings. The minimum Gasteiger partial charge on any atom is -0.381 e. The van der Waals surface area contributed by atoms with E-state index in [1.165, 1.54) is 25.7 Å². The molecule has 14 heavy (non-hydrogen) atoms. The third-order valence-electron chi connectivity index (χ3n) is 3.23. The molecule has 1 aliphatic rings. The summed E-state index contributed by atoms with van der Waals surface area (Å²) < 4.78 is 5.43. The summed E-state index contributed by atoms with van der Waals surface area (Å²) in [5.74, 6) is 0.738. The fraction of sp³-hybridized carbons (Fsp3) is 1.00. The SMILES string of the molecule is CCN(CCCl)C1CCCC(OC)C1. The second-order valence-corrected chi connectivity index (χ2v) is 4.37. The highest BCUT2D eigenvalue weighted by molar-refractivity contribution is 6.18. The van der Waals surface area contributed by atoms with E-state index in [1.54, 1.807) is 0 Å². The molecule has 1 fully saturated rings. The Morgan fingerprint density at radius 2 is 2.21 bits per heavy atom. The van der Waals surface area contributed by atoms with Gasteiger partial charge in [-0.05, 0) is 32.2 Å². The van der Waals surface area contributed by atoms with E-state index in [0.717, 1.165) is 19.0 Å². The minimum absolute atomic E-state index is 0.470. The van der Waals surface area contributed by atoms with Crippen molar-refractivity contribution in [3.63, 3.8) is 0 Å². The third kappa shape index (κ3) is 3.41. The number of hydrogen-bond acceptors (Lipinski definition) is 2. The number of alkyl halides is 1. The number of methoxy groups -OCH3 is 1. The quantitative estimate of drug-likeness (QED) is 0.659. The Balaban J connectivity index is 2.40. The molecular formula is C11H22ClNO. The molecule has 0 amide bonds. The molecule has 2 unspecified atom stereocenters. The van der Waals surface area contributed by atoms with E-state index >= 15 is 0 Å². The van der Waals surface area contributed by atoms with Crippen molar-refractivity contribution in [3.05, 3.63) is 0 Å². The van der Waals surface area contributed by atoms with E-state index in [4.69, 9.17) is 16.3 Å². The summed E-state index contributed by atoms with van der Waals surface area (Å²) in [5.41, 5.74) is 0. The highest BCUT2D eigenvalue weighted by Crippen LogP contribution is 2.24. The molecule has 0 aromatic heterocycles. The maximum absolute atomic E-state index is 5.79. The number of rotatable bonds is 5. The van der Waals surface area contributed by atoms with Gasteiger partial charge >= 0.3 is 0 Å². The highest BCUT2D eigenvalue weighted by atomic mass is 35.5. The van der Waals surface area contributed by atoms with Gasteiger partial charge < -0.3 is 4.74 Å². The van der Waals surface area contributed by atoms with E-state index in [2.05, 4.69) is 11.8 Å². The number of nitrogens with zero attached hydrogens (tertiary/aromatic N) is 1. The molecule has 2 atom stereocenters. The van der Waals surface area contributed by atoms with E-state index in [1.807, 2.05) is 7.11 Å². The predicted molar refractivity (Wildman–Crippen MR) is 61.0 cm³/mol. The lowest BCUT2D eigenvalue weighted by atomic mass is 9.91. The van der Waals surface area contributed by atoms with E-state index in [9.17, 15) is 0 Å². The monoisotopic (exact) mass is 219 g/mol. The van der Waals surface area contributed by atoms with Crippen molar-refractivity contribution in [2.75, 3.05) is 26.1 Å². The normalized spacial score (nSPS) is 28.3. The lowest BCUT2D eigenvalue weighted by molar-refractivity contribution is 0.0309.